The molecule has 1 heterocycles. The van der Waals surface area contributed by atoms with Crippen molar-refractivity contribution in [3.8, 4) is 0 Å². The normalized spacial score (nSPS) is 15.7. The van der Waals surface area contributed by atoms with Gasteiger partial charge in [0, 0.05) is 32.7 Å². The zero-order valence-electron chi connectivity index (χ0n) is 14.5. The largest absolute Gasteiger partial charge is 0.336 e. The number of hydrogen-bond donors (Lipinski definition) is 0. The lowest BCUT2D eigenvalue weighted by molar-refractivity contribution is 0.0650. The highest BCUT2D eigenvalue weighted by atomic mass is 35.5. The highest BCUT2D eigenvalue weighted by Crippen LogP contribution is 2.20. The summed E-state index contributed by atoms with van der Waals surface area (Å²) in [4.78, 5) is 16.9. The number of hydrogen-bond acceptors (Lipinski definition) is 2. The fourth-order valence-electron chi connectivity index (χ4n) is 3.00. The third-order valence-corrected chi connectivity index (χ3v) is 4.80. The zero-order chi connectivity index (χ0) is 17.6. The first-order valence-corrected chi connectivity index (χ1v) is 9.00. The van der Waals surface area contributed by atoms with Crippen LogP contribution in [0.5, 0.6) is 0 Å². The summed E-state index contributed by atoms with van der Waals surface area (Å²) >= 11 is 6.23. The van der Waals surface area contributed by atoms with Crippen LogP contribution in [0.15, 0.2) is 54.6 Å². The molecule has 1 aliphatic heterocycles. The summed E-state index contributed by atoms with van der Waals surface area (Å²) in [6, 6.07) is 15.9. The van der Waals surface area contributed by atoms with E-state index in [1.807, 2.05) is 48.2 Å². The molecule has 0 spiro atoms. The van der Waals surface area contributed by atoms with E-state index in [0.717, 1.165) is 38.3 Å². The first-order chi connectivity index (χ1) is 12.1. The van der Waals surface area contributed by atoms with Crippen molar-refractivity contribution >= 4 is 23.6 Å². The minimum Gasteiger partial charge on any atom is -0.336 e. The average molecular weight is 355 g/mol. The molecule has 0 radical (unpaired) electrons. The van der Waals surface area contributed by atoms with Gasteiger partial charge in [-0.05, 0) is 30.2 Å². The van der Waals surface area contributed by atoms with Gasteiger partial charge in [-0.15, -0.1) is 0 Å². The molecule has 0 aliphatic carbocycles. The van der Waals surface area contributed by atoms with Crippen LogP contribution < -0.4 is 0 Å². The summed E-state index contributed by atoms with van der Waals surface area (Å²) in [5.74, 6) is 0.0319. The topological polar surface area (TPSA) is 23.6 Å². The number of carbonyl (C=O) groups excluding carboxylic acids is 1. The van der Waals surface area contributed by atoms with Crippen LogP contribution in [-0.4, -0.2) is 48.4 Å². The number of piperazine rings is 1. The van der Waals surface area contributed by atoms with Gasteiger partial charge in [-0.3, -0.25) is 9.69 Å². The molecular weight excluding hydrogens is 332 g/mol. The molecule has 3 nitrogen and oxygen atoms in total. The summed E-state index contributed by atoms with van der Waals surface area (Å²) in [6.45, 7) is 6.12. The first kappa shape index (κ1) is 17.7. The second kappa shape index (κ2) is 8.32. The van der Waals surface area contributed by atoms with Crippen molar-refractivity contribution in [1.29, 1.82) is 0 Å². The highest BCUT2D eigenvalue weighted by Gasteiger charge is 2.22. The van der Waals surface area contributed by atoms with Crippen molar-refractivity contribution in [2.45, 2.75) is 6.92 Å². The molecular formula is C21H23ClN2O. The molecule has 130 valence electrons. The molecule has 1 saturated heterocycles. The van der Waals surface area contributed by atoms with Gasteiger partial charge in [0.1, 0.15) is 0 Å². The van der Waals surface area contributed by atoms with Crippen LogP contribution in [-0.2, 0) is 0 Å². The number of carbonyl (C=O) groups is 1. The lowest BCUT2D eigenvalue weighted by Crippen LogP contribution is -2.48. The fourth-order valence-corrected chi connectivity index (χ4v) is 3.32. The van der Waals surface area contributed by atoms with E-state index in [-0.39, 0.29) is 5.91 Å². The van der Waals surface area contributed by atoms with Gasteiger partial charge in [0.15, 0.2) is 0 Å². The third-order valence-electron chi connectivity index (χ3n) is 4.49. The fraction of sp³-hybridized carbons (Fsp3) is 0.286. The molecule has 1 amide bonds. The lowest BCUT2D eigenvalue weighted by Gasteiger charge is -2.34. The Morgan fingerprint density at radius 1 is 1.08 bits per heavy atom. The average Bonchev–Trinajstić information content (AvgIpc) is 2.63. The third kappa shape index (κ3) is 4.71. The van der Waals surface area contributed by atoms with Gasteiger partial charge in [-0.25, -0.2) is 0 Å². The van der Waals surface area contributed by atoms with Crippen molar-refractivity contribution in [3.05, 3.63) is 76.3 Å². The maximum Gasteiger partial charge on any atom is 0.255 e. The Balaban J connectivity index is 1.51. The maximum absolute atomic E-state index is 12.6. The van der Waals surface area contributed by atoms with Gasteiger partial charge in [0.25, 0.3) is 5.91 Å². The molecule has 4 heteroatoms. The number of halogens is 1. The van der Waals surface area contributed by atoms with E-state index in [1.54, 1.807) is 0 Å². The molecule has 1 aliphatic rings. The second-order valence-corrected chi connectivity index (χ2v) is 6.80. The Hall–Kier alpha value is -2.10. The number of aryl methyl sites for hydroxylation is 1. The summed E-state index contributed by atoms with van der Waals surface area (Å²) in [5, 5.41) is 0.540. The van der Waals surface area contributed by atoms with Gasteiger partial charge in [-0.1, -0.05) is 60.2 Å². The van der Waals surface area contributed by atoms with Gasteiger partial charge >= 0.3 is 0 Å². The molecule has 0 saturated carbocycles. The molecule has 3 rings (SSSR count). The molecule has 0 N–H and O–H groups in total. The van der Waals surface area contributed by atoms with E-state index in [4.69, 9.17) is 11.6 Å². The van der Waals surface area contributed by atoms with Crippen LogP contribution in [0, 0.1) is 6.92 Å². The highest BCUT2D eigenvalue weighted by molar-refractivity contribution is 6.33. The summed E-state index contributed by atoms with van der Waals surface area (Å²) in [5.41, 5.74) is 2.88. The predicted molar refractivity (Wildman–Crippen MR) is 104 cm³/mol. The monoisotopic (exact) mass is 354 g/mol. The van der Waals surface area contributed by atoms with Gasteiger partial charge in [0.05, 0.1) is 10.6 Å². The van der Waals surface area contributed by atoms with Crippen LogP contribution in [0.1, 0.15) is 21.5 Å². The summed E-state index contributed by atoms with van der Waals surface area (Å²) in [6.07, 6.45) is 4.33. The maximum atomic E-state index is 12.6. The molecule has 0 aromatic heterocycles. The minimum absolute atomic E-state index is 0.0319. The van der Waals surface area contributed by atoms with Crippen molar-refractivity contribution in [3.63, 3.8) is 0 Å². The van der Waals surface area contributed by atoms with E-state index < -0.39 is 0 Å². The van der Waals surface area contributed by atoms with Crippen molar-refractivity contribution in [2.24, 2.45) is 0 Å². The van der Waals surface area contributed by atoms with Gasteiger partial charge in [0.2, 0.25) is 0 Å². The minimum atomic E-state index is 0.0319. The second-order valence-electron chi connectivity index (χ2n) is 6.39. The predicted octanol–water partition coefficient (Wildman–Crippen LogP) is 4.12. The number of benzene rings is 2. The van der Waals surface area contributed by atoms with Crippen LogP contribution in [0.25, 0.3) is 6.08 Å². The summed E-state index contributed by atoms with van der Waals surface area (Å²) < 4.78 is 0. The van der Waals surface area contributed by atoms with Crippen LogP contribution >= 0.6 is 11.6 Å². The van der Waals surface area contributed by atoms with E-state index in [2.05, 4.69) is 29.2 Å². The van der Waals surface area contributed by atoms with E-state index >= 15 is 0 Å². The van der Waals surface area contributed by atoms with Crippen LogP contribution in [0.2, 0.25) is 5.02 Å². The SMILES string of the molecule is Cc1ccc(C(=O)N2CCN(C/C=C/c3ccccc3)CC2)c(Cl)c1. The first-order valence-electron chi connectivity index (χ1n) is 8.63. The Kier molecular flexibility index (Phi) is 5.90. The quantitative estimate of drug-likeness (QED) is 0.824. The van der Waals surface area contributed by atoms with Crippen molar-refractivity contribution in [1.82, 2.24) is 9.80 Å². The Morgan fingerprint density at radius 3 is 2.48 bits per heavy atom. The Morgan fingerprint density at radius 2 is 1.80 bits per heavy atom. The molecule has 0 bridgehead atoms. The van der Waals surface area contributed by atoms with Gasteiger partial charge < -0.3 is 4.90 Å². The van der Waals surface area contributed by atoms with Crippen molar-refractivity contribution < 1.29 is 4.79 Å². The van der Waals surface area contributed by atoms with Gasteiger partial charge in [-0.2, -0.15) is 0 Å². The molecule has 2 aromatic rings. The molecule has 1 fully saturated rings. The zero-order valence-corrected chi connectivity index (χ0v) is 15.2. The van der Waals surface area contributed by atoms with E-state index in [9.17, 15) is 4.79 Å². The Bertz CT molecular complexity index is 750. The molecule has 2 aromatic carbocycles. The number of amides is 1. The Labute approximate surface area is 154 Å². The number of nitrogens with zero attached hydrogens (tertiary/aromatic N) is 2. The van der Waals surface area contributed by atoms with Crippen LogP contribution in [0.3, 0.4) is 0 Å². The van der Waals surface area contributed by atoms with E-state index in [0.29, 0.717) is 10.6 Å². The smallest absolute Gasteiger partial charge is 0.255 e. The summed E-state index contributed by atoms with van der Waals surface area (Å²) in [7, 11) is 0. The van der Waals surface area contributed by atoms with Crippen LogP contribution in [0.4, 0.5) is 0 Å². The van der Waals surface area contributed by atoms with E-state index in [1.165, 1.54) is 5.56 Å². The molecule has 25 heavy (non-hydrogen) atoms. The lowest BCUT2D eigenvalue weighted by atomic mass is 10.1. The van der Waals surface area contributed by atoms with Crippen molar-refractivity contribution in [2.75, 3.05) is 32.7 Å². The standard InChI is InChI=1S/C21H23ClN2O/c1-17-9-10-19(20(22)16-17)21(25)24-14-12-23(13-15-24)11-5-8-18-6-3-2-4-7-18/h2-10,16H,11-15H2,1H3/b8-5+. The number of rotatable bonds is 4. The molecule has 0 atom stereocenters. The molecule has 0 unspecified atom stereocenters.